The molecule has 0 aromatic rings. The minimum absolute atomic E-state index is 0.175. The first-order valence-electron chi connectivity index (χ1n) is 4.22. The molecule has 1 unspecified atom stereocenters. The first-order chi connectivity index (χ1) is 5.75. The molecule has 0 saturated carbocycles. The van der Waals surface area contributed by atoms with Gasteiger partial charge in [0, 0.05) is 7.11 Å². The molecular weight excluding hydrogens is 158 g/mol. The van der Waals surface area contributed by atoms with E-state index in [2.05, 4.69) is 5.32 Å². The predicted octanol–water partition coefficient (Wildman–Crippen LogP) is 0.0856. The van der Waals surface area contributed by atoms with E-state index < -0.39 is 12.1 Å². The Morgan fingerprint density at radius 1 is 1.58 bits per heavy atom. The molecule has 1 aliphatic heterocycles. The fourth-order valence-corrected chi connectivity index (χ4v) is 1.64. The van der Waals surface area contributed by atoms with E-state index in [0.717, 1.165) is 25.9 Å². The number of carboxylic acids is 1. The molecule has 1 saturated heterocycles. The summed E-state index contributed by atoms with van der Waals surface area (Å²) in [4.78, 5) is 10.7. The summed E-state index contributed by atoms with van der Waals surface area (Å²) in [6, 6.07) is 0. The normalized spacial score (nSPS) is 22.1. The van der Waals surface area contributed by atoms with E-state index in [4.69, 9.17) is 9.84 Å². The summed E-state index contributed by atoms with van der Waals surface area (Å²) in [5.41, 5.74) is 0. The van der Waals surface area contributed by atoms with Gasteiger partial charge in [-0.2, -0.15) is 0 Å². The van der Waals surface area contributed by atoms with E-state index in [1.54, 1.807) is 0 Å². The lowest BCUT2D eigenvalue weighted by Gasteiger charge is -2.26. The molecule has 4 nitrogen and oxygen atoms in total. The van der Waals surface area contributed by atoms with Crippen LogP contribution in [-0.2, 0) is 9.53 Å². The second-order valence-corrected chi connectivity index (χ2v) is 3.08. The van der Waals surface area contributed by atoms with Crippen molar-refractivity contribution in [3.63, 3.8) is 0 Å². The number of methoxy groups -OCH3 is 1. The van der Waals surface area contributed by atoms with E-state index in [1.807, 2.05) is 0 Å². The Kier molecular flexibility index (Phi) is 3.49. The first-order valence-corrected chi connectivity index (χ1v) is 4.22. The molecule has 1 heterocycles. The molecule has 1 aliphatic rings. The van der Waals surface area contributed by atoms with Crippen LogP contribution in [0.4, 0.5) is 0 Å². The zero-order chi connectivity index (χ0) is 8.97. The number of rotatable bonds is 3. The smallest absolute Gasteiger partial charge is 0.333 e. The summed E-state index contributed by atoms with van der Waals surface area (Å²) in [6.45, 7) is 1.80. The van der Waals surface area contributed by atoms with Crippen LogP contribution in [0, 0.1) is 5.92 Å². The highest BCUT2D eigenvalue weighted by molar-refractivity contribution is 5.72. The first kappa shape index (κ1) is 9.48. The number of ether oxygens (including phenoxy) is 1. The van der Waals surface area contributed by atoms with Gasteiger partial charge in [-0.1, -0.05) is 0 Å². The van der Waals surface area contributed by atoms with Crippen molar-refractivity contribution in [1.82, 2.24) is 5.32 Å². The number of carbonyl (C=O) groups is 1. The third-order valence-electron chi connectivity index (χ3n) is 2.31. The van der Waals surface area contributed by atoms with Crippen molar-refractivity contribution in [2.24, 2.45) is 5.92 Å². The molecule has 0 aliphatic carbocycles. The van der Waals surface area contributed by atoms with Gasteiger partial charge in [0.15, 0.2) is 6.10 Å². The Morgan fingerprint density at radius 2 is 2.17 bits per heavy atom. The summed E-state index contributed by atoms with van der Waals surface area (Å²) < 4.78 is 4.92. The second-order valence-electron chi connectivity index (χ2n) is 3.08. The van der Waals surface area contributed by atoms with Crippen molar-refractivity contribution in [2.75, 3.05) is 20.2 Å². The fraction of sp³-hybridized carbons (Fsp3) is 0.875. The summed E-state index contributed by atoms with van der Waals surface area (Å²) in [7, 11) is 1.46. The molecule has 1 atom stereocenters. The molecule has 1 rings (SSSR count). The van der Waals surface area contributed by atoms with Gasteiger partial charge in [-0.15, -0.1) is 0 Å². The van der Waals surface area contributed by atoms with Crippen molar-refractivity contribution >= 4 is 5.97 Å². The molecule has 1 fully saturated rings. The number of nitrogens with one attached hydrogen (secondary N) is 1. The molecule has 70 valence electrons. The van der Waals surface area contributed by atoms with E-state index in [1.165, 1.54) is 7.11 Å². The van der Waals surface area contributed by atoms with Gasteiger partial charge in [0.25, 0.3) is 0 Å². The number of hydrogen-bond donors (Lipinski definition) is 2. The monoisotopic (exact) mass is 173 g/mol. The van der Waals surface area contributed by atoms with E-state index in [-0.39, 0.29) is 5.92 Å². The highest BCUT2D eigenvalue weighted by atomic mass is 16.5. The molecule has 0 spiro atoms. The van der Waals surface area contributed by atoms with E-state index in [0.29, 0.717) is 0 Å². The zero-order valence-electron chi connectivity index (χ0n) is 7.25. The van der Waals surface area contributed by atoms with Crippen LogP contribution in [0.5, 0.6) is 0 Å². The SMILES string of the molecule is COC(C(=O)O)C1CCNCC1. The van der Waals surface area contributed by atoms with Crippen molar-refractivity contribution in [2.45, 2.75) is 18.9 Å². The minimum atomic E-state index is -0.843. The van der Waals surface area contributed by atoms with Crippen LogP contribution in [0.25, 0.3) is 0 Å². The third-order valence-corrected chi connectivity index (χ3v) is 2.31. The molecule has 0 amide bonds. The number of hydrogen-bond acceptors (Lipinski definition) is 3. The number of aliphatic carboxylic acids is 1. The van der Waals surface area contributed by atoms with Crippen molar-refractivity contribution < 1.29 is 14.6 Å². The molecule has 0 bridgehead atoms. The molecule has 4 heteroatoms. The van der Waals surface area contributed by atoms with Crippen molar-refractivity contribution in [3.05, 3.63) is 0 Å². The molecule has 12 heavy (non-hydrogen) atoms. The molecule has 2 N–H and O–H groups in total. The average molecular weight is 173 g/mol. The van der Waals surface area contributed by atoms with Crippen LogP contribution in [0.15, 0.2) is 0 Å². The van der Waals surface area contributed by atoms with Gasteiger partial charge in [-0.05, 0) is 31.8 Å². The molecule has 0 radical (unpaired) electrons. The lowest BCUT2D eigenvalue weighted by molar-refractivity contribution is -0.152. The van der Waals surface area contributed by atoms with Crippen LogP contribution in [0.1, 0.15) is 12.8 Å². The van der Waals surface area contributed by atoms with E-state index >= 15 is 0 Å². The maximum atomic E-state index is 10.7. The van der Waals surface area contributed by atoms with Gasteiger partial charge in [0.05, 0.1) is 0 Å². The Bertz CT molecular complexity index is 154. The fourth-order valence-electron chi connectivity index (χ4n) is 1.64. The standard InChI is InChI=1S/C8H15NO3/c1-12-7(8(10)11)6-2-4-9-5-3-6/h6-7,9H,2-5H2,1H3,(H,10,11). The second kappa shape index (κ2) is 4.42. The van der Waals surface area contributed by atoms with Crippen LogP contribution < -0.4 is 5.32 Å². The highest BCUT2D eigenvalue weighted by Gasteiger charge is 2.28. The Labute approximate surface area is 71.9 Å². The summed E-state index contributed by atoms with van der Waals surface area (Å²) in [5.74, 6) is -0.668. The Balaban J connectivity index is 2.46. The van der Waals surface area contributed by atoms with Gasteiger partial charge in [0.2, 0.25) is 0 Å². The minimum Gasteiger partial charge on any atom is -0.479 e. The number of carboxylic acid groups (broad SMARTS) is 1. The lowest BCUT2D eigenvalue weighted by Crippen LogP contribution is -2.39. The summed E-state index contributed by atoms with van der Waals surface area (Å²) in [5, 5.41) is 12.0. The molecule has 0 aromatic heterocycles. The topological polar surface area (TPSA) is 58.6 Å². The van der Waals surface area contributed by atoms with Gasteiger partial charge < -0.3 is 15.2 Å². The van der Waals surface area contributed by atoms with Crippen LogP contribution in [0.3, 0.4) is 0 Å². The van der Waals surface area contributed by atoms with E-state index in [9.17, 15) is 4.79 Å². The quantitative estimate of drug-likeness (QED) is 0.635. The predicted molar refractivity (Wildman–Crippen MR) is 44.0 cm³/mol. The van der Waals surface area contributed by atoms with Gasteiger partial charge in [-0.25, -0.2) is 4.79 Å². The maximum Gasteiger partial charge on any atom is 0.333 e. The third kappa shape index (κ3) is 2.19. The van der Waals surface area contributed by atoms with Crippen molar-refractivity contribution in [1.29, 1.82) is 0 Å². The van der Waals surface area contributed by atoms with Gasteiger partial charge in [0.1, 0.15) is 0 Å². The average Bonchev–Trinajstić information content (AvgIpc) is 2.07. The molecule has 0 aromatic carbocycles. The Morgan fingerprint density at radius 3 is 2.58 bits per heavy atom. The van der Waals surface area contributed by atoms with Gasteiger partial charge in [-0.3, -0.25) is 0 Å². The van der Waals surface area contributed by atoms with Crippen LogP contribution in [-0.4, -0.2) is 37.4 Å². The number of piperidine rings is 1. The summed E-state index contributed by atoms with van der Waals surface area (Å²) >= 11 is 0. The lowest BCUT2D eigenvalue weighted by atomic mass is 9.92. The zero-order valence-corrected chi connectivity index (χ0v) is 7.25. The van der Waals surface area contributed by atoms with Crippen molar-refractivity contribution in [3.8, 4) is 0 Å². The summed E-state index contributed by atoms with van der Waals surface area (Å²) in [6.07, 6.45) is 1.17. The van der Waals surface area contributed by atoms with Gasteiger partial charge >= 0.3 is 5.97 Å². The molecular formula is C8H15NO3. The van der Waals surface area contributed by atoms with Crippen LogP contribution in [0.2, 0.25) is 0 Å². The maximum absolute atomic E-state index is 10.7. The van der Waals surface area contributed by atoms with Crippen LogP contribution >= 0.6 is 0 Å². The highest BCUT2D eigenvalue weighted by Crippen LogP contribution is 2.18. The largest absolute Gasteiger partial charge is 0.479 e. The Hall–Kier alpha value is -0.610.